The molecule has 3 nitrogen and oxygen atoms in total. The second-order valence-electron chi connectivity index (χ2n) is 5.40. The first-order valence-corrected chi connectivity index (χ1v) is 6.72. The van der Waals surface area contributed by atoms with Crippen molar-refractivity contribution in [1.82, 2.24) is 4.90 Å². The lowest BCUT2D eigenvalue weighted by Crippen LogP contribution is -2.39. The maximum atomic E-state index is 11.9. The van der Waals surface area contributed by atoms with Crippen molar-refractivity contribution >= 4 is 11.6 Å². The highest BCUT2D eigenvalue weighted by Gasteiger charge is 2.18. The van der Waals surface area contributed by atoms with E-state index in [0.717, 1.165) is 18.8 Å². The first-order valence-electron chi connectivity index (χ1n) is 6.72. The zero-order valence-corrected chi connectivity index (χ0v) is 11.3. The van der Waals surface area contributed by atoms with Crippen molar-refractivity contribution in [3.8, 4) is 0 Å². The van der Waals surface area contributed by atoms with E-state index in [1.54, 1.807) is 0 Å². The van der Waals surface area contributed by atoms with Crippen LogP contribution in [0, 0.1) is 12.8 Å². The van der Waals surface area contributed by atoms with Crippen LogP contribution >= 0.6 is 0 Å². The van der Waals surface area contributed by atoms with Crippen LogP contribution in [0.15, 0.2) is 24.3 Å². The molecule has 1 amide bonds. The molecule has 98 valence electrons. The Morgan fingerprint density at radius 3 is 3.06 bits per heavy atom. The number of nitrogens with one attached hydrogen (secondary N) is 1. The number of likely N-dealkylation sites (tertiary alicyclic amines) is 1. The van der Waals surface area contributed by atoms with E-state index in [4.69, 9.17) is 0 Å². The van der Waals surface area contributed by atoms with Crippen LogP contribution in [0.5, 0.6) is 0 Å². The summed E-state index contributed by atoms with van der Waals surface area (Å²) in [6.45, 7) is 6.89. The summed E-state index contributed by atoms with van der Waals surface area (Å²) in [5.74, 6) is 0.806. The quantitative estimate of drug-likeness (QED) is 0.889. The van der Waals surface area contributed by atoms with Gasteiger partial charge in [-0.2, -0.15) is 0 Å². The minimum Gasteiger partial charge on any atom is -0.325 e. The molecule has 2 rings (SSSR count). The molecule has 1 saturated heterocycles. The number of hydrogen-bond donors (Lipinski definition) is 1. The summed E-state index contributed by atoms with van der Waals surface area (Å²) < 4.78 is 0. The highest BCUT2D eigenvalue weighted by Crippen LogP contribution is 2.15. The van der Waals surface area contributed by atoms with E-state index in [1.807, 2.05) is 31.2 Å². The van der Waals surface area contributed by atoms with Gasteiger partial charge in [0.1, 0.15) is 0 Å². The normalized spacial score (nSPS) is 20.7. The zero-order valence-electron chi connectivity index (χ0n) is 11.3. The van der Waals surface area contributed by atoms with Crippen molar-refractivity contribution in [2.45, 2.75) is 26.7 Å². The third-order valence-corrected chi connectivity index (χ3v) is 3.41. The number of anilines is 1. The molecule has 0 saturated carbocycles. The van der Waals surface area contributed by atoms with Gasteiger partial charge in [-0.05, 0) is 49.9 Å². The van der Waals surface area contributed by atoms with Crippen LogP contribution in [0.2, 0.25) is 0 Å². The van der Waals surface area contributed by atoms with Crippen molar-refractivity contribution in [1.29, 1.82) is 0 Å². The number of carbonyl (C=O) groups excluding carboxylic acids is 1. The van der Waals surface area contributed by atoms with Crippen LogP contribution in [-0.2, 0) is 4.79 Å². The second kappa shape index (κ2) is 6.01. The molecular formula is C15H22N2O. The molecule has 0 bridgehead atoms. The Kier molecular flexibility index (Phi) is 4.37. The van der Waals surface area contributed by atoms with E-state index in [9.17, 15) is 4.79 Å². The van der Waals surface area contributed by atoms with Crippen LogP contribution in [0.3, 0.4) is 0 Å². The third kappa shape index (κ3) is 3.84. The largest absolute Gasteiger partial charge is 0.325 e. The fourth-order valence-corrected chi connectivity index (χ4v) is 2.56. The van der Waals surface area contributed by atoms with Crippen molar-refractivity contribution in [2.24, 2.45) is 5.92 Å². The van der Waals surface area contributed by atoms with Gasteiger partial charge in [0.15, 0.2) is 0 Å². The van der Waals surface area contributed by atoms with E-state index in [1.165, 1.54) is 18.4 Å². The molecule has 1 fully saturated rings. The van der Waals surface area contributed by atoms with Crippen molar-refractivity contribution in [2.75, 3.05) is 25.0 Å². The van der Waals surface area contributed by atoms with E-state index >= 15 is 0 Å². The number of piperidine rings is 1. The second-order valence-corrected chi connectivity index (χ2v) is 5.40. The number of amides is 1. The summed E-state index contributed by atoms with van der Waals surface area (Å²) in [4.78, 5) is 14.2. The summed E-state index contributed by atoms with van der Waals surface area (Å²) in [6, 6.07) is 7.93. The van der Waals surface area contributed by atoms with Gasteiger partial charge in [0.25, 0.3) is 0 Å². The Balaban J connectivity index is 1.85. The monoisotopic (exact) mass is 246 g/mol. The summed E-state index contributed by atoms with van der Waals surface area (Å²) >= 11 is 0. The van der Waals surface area contributed by atoms with Gasteiger partial charge in [0, 0.05) is 12.2 Å². The van der Waals surface area contributed by atoms with Gasteiger partial charge in [0.2, 0.25) is 5.91 Å². The van der Waals surface area contributed by atoms with Crippen LogP contribution in [0.4, 0.5) is 5.69 Å². The first kappa shape index (κ1) is 13.1. The molecule has 0 radical (unpaired) electrons. The summed E-state index contributed by atoms with van der Waals surface area (Å²) in [7, 11) is 0. The van der Waals surface area contributed by atoms with E-state index < -0.39 is 0 Å². The lowest BCUT2D eigenvalue weighted by molar-refractivity contribution is -0.117. The predicted octanol–water partition coefficient (Wildman–Crippen LogP) is 2.67. The Morgan fingerprint density at radius 1 is 1.50 bits per heavy atom. The molecule has 1 aliphatic rings. The lowest BCUT2D eigenvalue weighted by Gasteiger charge is -2.30. The molecule has 0 aromatic heterocycles. The Bertz CT molecular complexity index is 417. The highest BCUT2D eigenvalue weighted by molar-refractivity contribution is 5.92. The van der Waals surface area contributed by atoms with Gasteiger partial charge in [-0.15, -0.1) is 0 Å². The number of carbonyl (C=O) groups is 1. The molecule has 1 aliphatic heterocycles. The van der Waals surface area contributed by atoms with E-state index in [2.05, 4.69) is 17.1 Å². The zero-order chi connectivity index (χ0) is 13.0. The average Bonchev–Trinajstić information content (AvgIpc) is 2.28. The van der Waals surface area contributed by atoms with Gasteiger partial charge >= 0.3 is 0 Å². The topological polar surface area (TPSA) is 32.3 Å². The average molecular weight is 246 g/mol. The molecule has 0 unspecified atom stereocenters. The van der Waals surface area contributed by atoms with E-state index in [-0.39, 0.29) is 5.91 Å². The van der Waals surface area contributed by atoms with Crippen LogP contribution in [-0.4, -0.2) is 30.4 Å². The van der Waals surface area contributed by atoms with Crippen molar-refractivity contribution < 1.29 is 4.79 Å². The number of aryl methyl sites for hydroxylation is 1. The standard InChI is InChI=1S/C15H22N2O/c1-12-5-3-7-14(9-12)16-15(18)11-17-8-4-6-13(2)10-17/h3,5,7,9,13H,4,6,8,10-11H2,1-2H3,(H,16,18)/t13-/m0/s1. The minimum atomic E-state index is 0.0923. The smallest absolute Gasteiger partial charge is 0.238 e. The van der Waals surface area contributed by atoms with Gasteiger partial charge in [-0.25, -0.2) is 0 Å². The maximum Gasteiger partial charge on any atom is 0.238 e. The Labute approximate surface area is 109 Å². The first-order chi connectivity index (χ1) is 8.63. The van der Waals surface area contributed by atoms with E-state index in [0.29, 0.717) is 12.5 Å². The molecule has 1 aromatic carbocycles. The van der Waals surface area contributed by atoms with Crippen LogP contribution in [0.25, 0.3) is 0 Å². The van der Waals surface area contributed by atoms with Crippen molar-refractivity contribution in [3.63, 3.8) is 0 Å². The van der Waals surface area contributed by atoms with Crippen molar-refractivity contribution in [3.05, 3.63) is 29.8 Å². The number of nitrogens with zero attached hydrogens (tertiary/aromatic N) is 1. The molecular weight excluding hydrogens is 224 g/mol. The molecule has 1 heterocycles. The molecule has 1 atom stereocenters. The van der Waals surface area contributed by atoms with Crippen LogP contribution < -0.4 is 5.32 Å². The molecule has 1 N–H and O–H groups in total. The lowest BCUT2D eigenvalue weighted by atomic mass is 10.0. The fourth-order valence-electron chi connectivity index (χ4n) is 2.56. The fraction of sp³-hybridized carbons (Fsp3) is 0.533. The molecule has 0 aliphatic carbocycles. The van der Waals surface area contributed by atoms with Gasteiger partial charge < -0.3 is 5.32 Å². The molecule has 0 spiro atoms. The van der Waals surface area contributed by atoms with Crippen LogP contribution in [0.1, 0.15) is 25.3 Å². The predicted molar refractivity (Wildman–Crippen MR) is 74.6 cm³/mol. The molecule has 1 aromatic rings. The number of benzene rings is 1. The molecule has 18 heavy (non-hydrogen) atoms. The van der Waals surface area contributed by atoms with Gasteiger partial charge in [-0.3, -0.25) is 9.69 Å². The number of hydrogen-bond acceptors (Lipinski definition) is 2. The van der Waals surface area contributed by atoms with Gasteiger partial charge in [0.05, 0.1) is 6.54 Å². The Morgan fingerprint density at radius 2 is 2.33 bits per heavy atom. The summed E-state index contributed by atoms with van der Waals surface area (Å²) in [5, 5.41) is 2.96. The molecule has 3 heteroatoms. The Hall–Kier alpha value is -1.35. The number of rotatable bonds is 3. The highest BCUT2D eigenvalue weighted by atomic mass is 16.2. The maximum absolute atomic E-state index is 11.9. The SMILES string of the molecule is Cc1cccc(NC(=O)CN2CCC[C@H](C)C2)c1. The summed E-state index contributed by atoms with van der Waals surface area (Å²) in [6.07, 6.45) is 2.49. The van der Waals surface area contributed by atoms with Gasteiger partial charge in [-0.1, -0.05) is 19.1 Å². The minimum absolute atomic E-state index is 0.0923. The summed E-state index contributed by atoms with van der Waals surface area (Å²) in [5.41, 5.74) is 2.06. The third-order valence-electron chi connectivity index (χ3n) is 3.41.